The van der Waals surface area contributed by atoms with Crippen molar-refractivity contribution in [2.24, 2.45) is 0 Å². The molecule has 0 spiro atoms. The molecule has 0 saturated carbocycles. The van der Waals surface area contributed by atoms with Crippen molar-refractivity contribution < 1.29 is 18.9 Å². The van der Waals surface area contributed by atoms with Crippen LogP contribution < -0.4 is 10.9 Å². The van der Waals surface area contributed by atoms with Gasteiger partial charge in [0.15, 0.2) is 5.13 Å². The first-order valence-corrected chi connectivity index (χ1v) is 10.0. The second kappa shape index (κ2) is 8.36. The van der Waals surface area contributed by atoms with Crippen molar-refractivity contribution in [3.8, 4) is 11.3 Å². The third-order valence-corrected chi connectivity index (χ3v) is 5.11. The largest absolute Gasteiger partial charge is 0.462 e. The topological polar surface area (TPSA) is 125 Å². The number of thiazole rings is 1. The van der Waals surface area contributed by atoms with Gasteiger partial charge in [-0.15, -0.1) is 11.3 Å². The van der Waals surface area contributed by atoms with Crippen molar-refractivity contribution in [1.29, 1.82) is 0 Å². The fraction of sp³-hybridized carbons (Fsp3) is 0.0952. The summed E-state index contributed by atoms with van der Waals surface area (Å²) in [7, 11) is 0. The van der Waals surface area contributed by atoms with Crippen LogP contribution in [0.25, 0.3) is 22.2 Å². The number of esters is 1. The average molecular weight is 437 g/mol. The summed E-state index contributed by atoms with van der Waals surface area (Å²) in [5.74, 6) is -0.395. The molecule has 0 atom stereocenters. The van der Waals surface area contributed by atoms with Crippen molar-refractivity contribution in [1.82, 2.24) is 4.98 Å². The van der Waals surface area contributed by atoms with Gasteiger partial charge >= 0.3 is 11.6 Å². The SMILES string of the molecule is CCOC(=O)c1ccc(Nc2nc(-c3cc4cc([N+](=O)[O-])ccc4oc3=O)cs2)cc1. The molecule has 0 unspecified atom stereocenters. The van der Waals surface area contributed by atoms with E-state index in [0.29, 0.717) is 34.1 Å². The van der Waals surface area contributed by atoms with E-state index >= 15 is 0 Å². The van der Waals surface area contributed by atoms with Gasteiger partial charge in [-0.25, -0.2) is 14.6 Å². The summed E-state index contributed by atoms with van der Waals surface area (Å²) < 4.78 is 10.2. The number of nitrogens with one attached hydrogen (secondary N) is 1. The van der Waals surface area contributed by atoms with Crippen molar-refractivity contribution in [3.63, 3.8) is 0 Å². The van der Waals surface area contributed by atoms with Crippen LogP contribution in [-0.2, 0) is 4.74 Å². The van der Waals surface area contributed by atoms with E-state index < -0.39 is 16.5 Å². The van der Waals surface area contributed by atoms with Crippen LogP contribution in [-0.4, -0.2) is 22.5 Å². The number of aromatic nitrogens is 1. The second-order valence-corrected chi connectivity index (χ2v) is 7.25. The quantitative estimate of drug-likeness (QED) is 0.198. The number of carbonyl (C=O) groups excluding carboxylic acids is 1. The van der Waals surface area contributed by atoms with Crippen molar-refractivity contribution in [2.75, 3.05) is 11.9 Å². The molecule has 0 aliphatic heterocycles. The summed E-state index contributed by atoms with van der Waals surface area (Å²) in [6.07, 6.45) is 0. The van der Waals surface area contributed by atoms with Crippen LogP contribution in [0.4, 0.5) is 16.5 Å². The molecule has 1 N–H and O–H groups in total. The van der Waals surface area contributed by atoms with Gasteiger partial charge in [0.25, 0.3) is 5.69 Å². The monoisotopic (exact) mass is 437 g/mol. The fourth-order valence-corrected chi connectivity index (χ4v) is 3.62. The predicted molar refractivity (Wildman–Crippen MR) is 116 cm³/mol. The molecule has 10 heteroatoms. The maximum absolute atomic E-state index is 12.4. The third kappa shape index (κ3) is 4.28. The molecule has 0 aliphatic rings. The van der Waals surface area contributed by atoms with Crippen LogP contribution >= 0.6 is 11.3 Å². The Kier molecular flexibility index (Phi) is 5.46. The maximum Gasteiger partial charge on any atom is 0.345 e. The van der Waals surface area contributed by atoms with E-state index in [-0.39, 0.29) is 16.8 Å². The highest BCUT2D eigenvalue weighted by Crippen LogP contribution is 2.28. The number of nitro groups is 1. The number of nitro benzene ring substituents is 1. The maximum atomic E-state index is 12.4. The molecule has 2 aromatic heterocycles. The standard InChI is InChI=1S/C21H15N3O6S/c1-2-29-19(25)12-3-5-14(6-4-12)22-21-23-17(11-31-21)16-10-13-9-15(24(27)28)7-8-18(13)30-20(16)26/h3-11H,2H2,1H3,(H,22,23). The summed E-state index contributed by atoms with van der Waals surface area (Å²) in [5, 5.41) is 16.8. The van der Waals surface area contributed by atoms with Crippen LogP contribution in [0.2, 0.25) is 0 Å². The van der Waals surface area contributed by atoms with Crippen LogP contribution in [0, 0.1) is 10.1 Å². The number of non-ortho nitro benzene ring substituents is 1. The molecule has 156 valence electrons. The molecule has 4 aromatic rings. The molecular formula is C21H15N3O6S. The Balaban J connectivity index is 1.59. The molecule has 4 rings (SSSR count). The van der Waals surface area contributed by atoms with Crippen LogP contribution in [0.15, 0.2) is 63.1 Å². The van der Waals surface area contributed by atoms with Gasteiger partial charge in [-0.3, -0.25) is 10.1 Å². The zero-order valence-electron chi connectivity index (χ0n) is 16.2. The van der Waals surface area contributed by atoms with Gasteiger partial charge in [-0.05, 0) is 43.3 Å². The Bertz CT molecular complexity index is 1340. The number of benzene rings is 2. The van der Waals surface area contributed by atoms with E-state index in [4.69, 9.17) is 9.15 Å². The summed E-state index contributed by atoms with van der Waals surface area (Å²) >= 11 is 1.28. The van der Waals surface area contributed by atoms with Gasteiger partial charge in [0.05, 0.1) is 28.4 Å². The van der Waals surface area contributed by atoms with Gasteiger partial charge in [-0.2, -0.15) is 0 Å². The van der Waals surface area contributed by atoms with Gasteiger partial charge in [0.1, 0.15) is 5.58 Å². The van der Waals surface area contributed by atoms with Crippen molar-refractivity contribution in [2.45, 2.75) is 6.92 Å². The zero-order chi connectivity index (χ0) is 22.0. The third-order valence-electron chi connectivity index (χ3n) is 4.35. The number of fused-ring (bicyclic) bond motifs is 1. The fourth-order valence-electron chi connectivity index (χ4n) is 2.89. The van der Waals surface area contributed by atoms with Gasteiger partial charge in [-0.1, -0.05) is 0 Å². The lowest BCUT2D eigenvalue weighted by molar-refractivity contribution is -0.384. The number of nitrogens with zero attached hydrogens (tertiary/aromatic N) is 2. The molecule has 2 aromatic carbocycles. The number of rotatable bonds is 6. The van der Waals surface area contributed by atoms with Crippen LogP contribution in [0.5, 0.6) is 0 Å². The minimum Gasteiger partial charge on any atom is -0.462 e. The Morgan fingerprint density at radius 1 is 1.23 bits per heavy atom. The Morgan fingerprint density at radius 3 is 2.71 bits per heavy atom. The zero-order valence-corrected chi connectivity index (χ0v) is 17.0. The first kappa shape index (κ1) is 20.2. The van der Waals surface area contributed by atoms with E-state index in [1.54, 1.807) is 36.6 Å². The molecule has 0 saturated heterocycles. The van der Waals surface area contributed by atoms with E-state index in [1.807, 2.05) is 0 Å². The first-order chi connectivity index (χ1) is 14.9. The molecule has 9 nitrogen and oxygen atoms in total. The molecule has 2 heterocycles. The molecule has 0 radical (unpaired) electrons. The smallest absolute Gasteiger partial charge is 0.345 e. The molecular weight excluding hydrogens is 422 g/mol. The van der Waals surface area contributed by atoms with Gasteiger partial charge in [0.2, 0.25) is 0 Å². The second-order valence-electron chi connectivity index (χ2n) is 6.39. The summed E-state index contributed by atoms with van der Waals surface area (Å²) in [4.78, 5) is 39.0. The normalized spacial score (nSPS) is 10.7. The predicted octanol–water partition coefficient (Wildman–Crippen LogP) is 4.75. The number of hydrogen-bond donors (Lipinski definition) is 1. The minimum atomic E-state index is -0.586. The van der Waals surface area contributed by atoms with Crippen molar-refractivity contribution in [3.05, 3.63) is 80.0 Å². The molecule has 0 amide bonds. The number of hydrogen-bond acceptors (Lipinski definition) is 9. The van der Waals surface area contributed by atoms with E-state index in [9.17, 15) is 19.7 Å². The Labute approximate surface area is 179 Å². The van der Waals surface area contributed by atoms with E-state index in [1.165, 1.54) is 35.6 Å². The summed E-state index contributed by atoms with van der Waals surface area (Å²) in [5.41, 5.74) is 1.31. The van der Waals surface area contributed by atoms with Gasteiger partial charge in [0, 0.05) is 28.6 Å². The molecule has 0 fully saturated rings. The lowest BCUT2D eigenvalue weighted by Gasteiger charge is -2.05. The van der Waals surface area contributed by atoms with E-state index in [2.05, 4.69) is 10.3 Å². The minimum absolute atomic E-state index is 0.0980. The Morgan fingerprint density at radius 2 is 2.00 bits per heavy atom. The summed E-state index contributed by atoms with van der Waals surface area (Å²) in [6, 6.07) is 12.3. The first-order valence-electron chi connectivity index (χ1n) is 9.17. The molecule has 0 bridgehead atoms. The highest BCUT2D eigenvalue weighted by molar-refractivity contribution is 7.14. The van der Waals surface area contributed by atoms with E-state index in [0.717, 1.165) is 0 Å². The highest BCUT2D eigenvalue weighted by Gasteiger charge is 2.14. The van der Waals surface area contributed by atoms with Gasteiger partial charge < -0.3 is 14.5 Å². The summed E-state index contributed by atoms with van der Waals surface area (Å²) in [6.45, 7) is 2.04. The lowest BCUT2D eigenvalue weighted by atomic mass is 10.1. The number of carbonyl (C=O) groups is 1. The number of ether oxygens (including phenoxy) is 1. The molecule has 0 aliphatic carbocycles. The average Bonchev–Trinajstić information content (AvgIpc) is 3.21. The molecule has 31 heavy (non-hydrogen) atoms. The van der Waals surface area contributed by atoms with Crippen LogP contribution in [0.3, 0.4) is 0 Å². The van der Waals surface area contributed by atoms with Crippen LogP contribution in [0.1, 0.15) is 17.3 Å². The highest BCUT2D eigenvalue weighted by atomic mass is 32.1. The number of anilines is 2. The Hall–Kier alpha value is -4.05. The lowest BCUT2D eigenvalue weighted by Crippen LogP contribution is -2.04. The van der Waals surface area contributed by atoms with Crippen molar-refractivity contribution >= 4 is 44.8 Å².